The van der Waals surface area contributed by atoms with Crippen molar-refractivity contribution in [2.45, 2.75) is 52.7 Å². The molecule has 0 fully saturated rings. The van der Waals surface area contributed by atoms with Gasteiger partial charge in [-0.05, 0) is 102 Å². The smallest absolute Gasteiger partial charge is 0.412 e. The first-order chi connectivity index (χ1) is 24.2. The molecule has 2 amide bonds. The zero-order valence-electron chi connectivity index (χ0n) is 29.4. The molecule has 6 heterocycles. The SMILES string of the molecule is CC(C)(C)OC(=O)Nc1ccnc(-n2cccc2)c1.CC(C)(C)OC(=O)Nc1ccnc(Cl)c1.Nc1ccnc(-n2cccc2)c1.c1cc[nH]c1. The molecule has 14 heteroatoms. The van der Waals surface area contributed by atoms with E-state index in [4.69, 9.17) is 26.8 Å². The molecule has 13 nitrogen and oxygen atoms in total. The maximum absolute atomic E-state index is 11.7. The van der Waals surface area contributed by atoms with Crippen LogP contribution in [0.15, 0.2) is 129 Å². The van der Waals surface area contributed by atoms with Gasteiger partial charge in [0.15, 0.2) is 0 Å². The van der Waals surface area contributed by atoms with Crippen molar-refractivity contribution in [1.29, 1.82) is 0 Å². The van der Waals surface area contributed by atoms with E-state index in [0.29, 0.717) is 16.5 Å². The summed E-state index contributed by atoms with van der Waals surface area (Å²) in [6, 6.07) is 21.9. The summed E-state index contributed by atoms with van der Waals surface area (Å²) in [7, 11) is 0. The Kier molecular flexibility index (Phi) is 14.8. The largest absolute Gasteiger partial charge is 0.444 e. The molecule has 0 saturated heterocycles. The minimum absolute atomic E-state index is 0.323. The molecule has 0 aromatic carbocycles. The average molecular weight is 714 g/mol. The number of ether oxygens (including phenoxy) is 2. The Morgan fingerprint density at radius 1 is 0.667 bits per heavy atom. The maximum Gasteiger partial charge on any atom is 0.412 e. The van der Waals surface area contributed by atoms with E-state index in [-0.39, 0.29) is 0 Å². The molecule has 0 aliphatic rings. The fourth-order valence-corrected chi connectivity index (χ4v) is 3.96. The van der Waals surface area contributed by atoms with E-state index in [1.165, 1.54) is 6.20 Å². The highest BCUT2D eigenvalue weighted by Gasteiger charge is 2.17. The van der Waals surface area contributed by atoms with Crippen molar-refractivity contribution in [3.63, 3.8) is 0 Å². The van der Waals surface area contributed by atoms with Crippen LogP contribution in [0.2, 0.25) is 5.15 Å². The van der Waals surface area contributed by atoms with Crippen molar-refractivity contribution in [1.82, 2.24) is 29.1 Å². The normalized spacial score (nSPS) is 10.5. The quantitative estimate of drug-likeness (QED) is 0.132. The molecule has 0 unspecified atom stereocenters. The van der Waals surface area contributed by atoms with Gasteiger partial charge in [0.1, 0.15) is 28.0 Å². The third-order valence-corrected chi connectivity index (χ3v) is 5.97. The molecule has 0 spiro atoms. The van der Waals surface area contributed by atoms with Crippen molar-refractivity contribution in [2.75, 3.05) is 16.4 Å². The number of aromatic nitrogens is 6. The molecular formula is C37H44ClN9O4. The standard InChI is InChI=1S/C14H17N3O2.C10H13ClN2O2.C9H9N3.C4H5N/c1-14(2,3)19-13(18)16-11-6-7-15-12(10-11)17-8-4-5-9-17;1-10(2,3)15-9(14)13-7-4-5-12-8(11)6-7;10-8-3-4-11-9(7-8)12-5-1-2-6-12;1-2-4-5-3-1/h4-10H,1-3H3,(H,15,16,18);4-6H,1-3H3,(H,12,13,14);1-7H,(H2,10,11);1-5H. The first-order valence-corrected chi connectivity index (χ1v) is 16.2. The van der Waals surface area contributed by atoms with Crippen LogP contribution in [-0.4, -0.2) is 52.5 Å². The van der Waals surface area contributed by atoms with Gasteiger partial charge in [0.2, 0.25) is 0 Å². The molecule has 51 heavy (non-hydrogen) atoms. The topological polar surface area (TPSA) is 167 Å². The van der Waals surface area contributed by atoms with Crippen LogP contribution in [0.3, 0.4) is 0 Å². The Bertz CT molecular complexity index is 1860. The van der Waals surface area contributed by atoms with E-state index in [0.717, 1.165) is 17.3 Å². The van der Waals surface area contributed by atoms with Gasteiger partial charge in [-0.15, -0.1) is 0 Å². The van der Waals surface area contributed by atoms with Gasteiger partial charge in [0.05, 0.1) is 0 Å². The molecule has 0 aliphatic heterocycles. The molecular weight excluding hydrogens is 670 g/mol. The zero-order chi connectivity index (χ0) is 37.3. The molecule has 268 valence electrons. The van der Waals surface area contributed by atoms with E-state index in [2.05, 4.69) is 30.6 Å². The predicted octanol–water partition coefficient (Wildman–Crippen LogP) is 8.77. The second kappa shape index (κ2) is 19.2. The van der Waals surface area contributed by atoms with Gasteiger partial charge in [-0.3, -0.25) is 10.6 Å². The van der Waals surface area contributed by atoms with Gasteiger partial charge in [-0.2, -0.15) is 0 Å². The second-order valence-corrected chi connectivity index (χ2v) is 12.9. The number of carbonyl (C=O) groups is 2. The van der Waals surface area contributed by atoms with Crippen LogP contribution in [0.1, 0.15) is 41.5 Å². The van der Waals surface area contributed by atoms with E-state index >= 15 is 0 Å². The minimum Gasteiger partial charge on any atom is -0.444 e. The highest BCUT2D eigenvalue weighted by molar-refractivity contribution is 6.29. The van der Waals surface area contributed by atoms with E-state index < -0.39 is 23.4 Å². The van der Waals surface area contributed by atoms with E-state index in [9.17, 15) is 9.59 Å². The summed E-state index contributed by atoms with van der Waals surface area (Å²) in [5, 5.41) is 5.56. The number of amides is 2. The summed E-state index contributed by atoms with van der Waals surface area (Å²) in [6.07, 6.45) is 15.3. The summed E-state index contributed by atoms with van der Waals surface area (Å²) in [4.78, 5) is 38.1. The number of halogens is 1. The van der Waals surface area contributed by atoms with Crippen LogP contribution in [0.4, 0.5) is 26.7 Å². The van der Waals surface area contributed by atoms with Crippen LogP contribution in [0.5, 0.6) is 0 Å². The number of nitrogens with two attached hydrogens (primary N) is 1. The minimum atomic E-state index is -0.514. The Balaban J connectivity index is 0.000000197. The number of nitrogen functional groups attached to an aromatic ring is 1. The van der Waals surface area contributed by atoms with Crippen LogP contribution in [-0.2, 0) is 9.47 Å². The summed E-state index contributed by atoms with van der Waals surface area (Å²) in [5.74, 6) is 1.58. The van der Waals surface area contributed by atoms with Crippen LogP contribution >= 0.6 is 11.6 Å². The third kappa shape index (κ3) is 16.2. The number of carbonyl (C=O) groups excluding carboxylic acids is 2. The molecule has 6 aromatic heterocycles. The summed E-state index contributed by atoms with van der Waals surface area (Å²) < 4.78 is 14.0. The second-order valence-electron chi connectivity index (χ2n) is 12.5. The van der Waals surface area contributed by atoms with Crippen molar-refractivity contribution >= 4 is 40.8 Å². The molecule has 0 saturated carbocycles. The van der Waals surface area contributed by atoms with Crippen molar-refractivity contribution in [2.24, 2.45) is 0 Å². The summed E-state index contributed by atoms with van der Waals surface area (Å²) in [5.41, 5.74) is 6.52. The lowest BCUT2D eigenvalue weighted by Crippen LogP contribution is -2.27. The van der Waals surface area contributed by atoms with Gasteiger partial charge in [0.25, 0.3) is 0 Å². The monoisotopic (exact) mass is 713 g/mol. The Hall–Kier alpha value is -6.08. The van der Waals surface area contributed by atoms with Crippen LogP contribution in [0, 0.1) is 0 Å². The number of aromatic amines is 1. The Morgan fingerprint density at radius 3 is 1.51 bits per heavy atom. The third-order valence-electron chi connectivity index (χ3n) is 5.77. The molecule has 6 aromatic rings. The fourth-order valence-electron chi connectivity index (χ4n) is 3.79. The lowest BCUT2D eigenvalue weighted by Gasteiger charge is -2.19. The van der Waals surface area contributed by atoms with Gasteiger partial charge in [-0.25, -0.2) is 24.5 Å². The number of hydrogen-bond acceptors (Lipinski definition) is 8. The number of hydrogen-bond donors (Lipinski definition) is 4. The Morgan fingerprint density at radius 2 is 1.10 bits per heavy atom. The molecule has 0 radical (unpaired) electrons. The van der Waals surface area contributed by atoms with Crippen LogP contribution < -0.4 is 16.4 Å². The molecule has 6 rings (SSSR count). The summed E-state index contributed by atoms with van der Waals surface area (Å²) >= 11 is 5.66. The lowest BCUT2D eigenvalue weighted by atomic mass is 10.2. The molecule has 0 bridgehead atoms. The van der Waals surface area contributed by atoms with Gasteiger partial charge >= 0.3 is 12.2 Å². The van der Waals surface area contributed by atoms with E-state index in [1.807, 2.05) is 110 Å². The average Bonchev–Trinajstić information content (AvgIpc) is 3.86. The number of H-pyrrole nitrogens is 1. The number of pyridine rings is 3. The molecule has 0 aliphatic carbocycles. The Labute approximate surface area is 302 Å². The van der Waals surface area contributed by atoms with Crippen LogP contribution in [0.25, 0.3) is 11.6 Å². The number of rotatable bonds is 4. The number of anilines is 3. The van der Waals surface area contributed by atoms with Crippen molar-refractivity contribution in [3.05, 3.63) is 134 Å². The van der Waals surface area contributed by atoms with E-state index in [1.54, 1.807) is 63.5 Å². The maximum atomic E-state index is 11.7. The first kappa shape index (κ1) is 39.4. The zero-order valence-corrected chi connectivity index (χ0v) is 30.2. The molecule has 0 atom stereocenters. The number of nitrogens with one attached hydrogen (secondary N) is 3. The fraction of sp³-hybridized carbons (Fsp3) is 0.216. The van der Waals surface area contributed by atoms with Gasteiger partial charge < -0.3 is 29.3 Å². The first-order valence-electron chi connectivity index (χ1n) is 15.8. The highest BCUT2D eigenvalue weighted by Crippen LogP contribution is 2.16. The van der Waals surface area contributed by atoms with Crippen molar-refractivity contribution in [3.8, 4) is 11.6 Å². The van der Waals surface area contributed by atoms with Gasteiger partial charge in [-0.1, -0.05) is 11.6 Å². The molecule has 5 N–H and O–H groups in total. The highest BCUT2D eigenvalue weighted by atomic mass is 35.5. The lowest BCUT2D eigenvalue weighted by molar-refractivity contribution is 0.0624. The predicted molar refractivity (Wildman–Crippen MR) is 201 cm³/mol. The summed E-state index contributed by atoms with van der Waals surface area (Å²) in [6.45, 7) is 10.9. The van der Waals surface area contributed by atoms with Crippen molar-refractivity contribution < 1.29 is 19.1 Å². The number of nitrogens with zero attached hydrogens (tertiary/aromatic N) is 5. The van der Waals surface area contributed by atoms with Gasteiger partial charge in [0, 0.05) is 85.0 Å².